The van der Waals surface area contributed by atoms with Crippen molar-refractivity contribution in [1.82, 2.24) is 20.0 Å². The molecule has 3 heterocycles. The van der Waals surface area contributed by atoms with Gasteiger partial charge in [0.25, 0.3) is 0 Å². The van der Waals surface area contributed by atoms with Crippen LogP contribution in [-0.2, 0) is 0 Å². The Morgan fingerprint density at radius 1 is 1.39 bits per heavy atom. The lowest BCUT2D eigenvalue weighted by atomic mass is 10.1. The van der Waals surface area contributed by atoms with Crippen LogP contribution in [0.2, 0.25) is 5.02 Å². The van der Waals surface area contributed by atoms with Crippen molar-refractivity contribution in [3.8, 4) is 6.07 Å². The molecule has 0 unspecified atom stereocenters. The molecule has 0 saturated carbocycles. The predicted molar refractivity (Wildman–Crippen MR) is 85.3 cm³/mol. The Kier molecular flexibility index (Phi) is 4.20. The van der Waals surface area contributed by atoms with Gasteiger partial charge in [-0.15, -0.1) is 0 Å². The van der Waals surface area contributed by atoms with Gasteiger partial charge in [-0.1, -0.05) is 16.8 Å². The first-order chi connectivity index (χ1) is 11.0. The molecule has 0 aliphatic carbocycles. The first kappa shape index (κ1) is 15.7. The molecule has 3 rings (SSSR count). The van der Waals surface area contributed by atoms with Gasteiger partial charge in [0.1, 0.15) is 17.9 Å². The monoisotopic (exact) mass is 332 g/mol. The van der Waals surface area contributed by atoms with Crippen LogP contribution in [0, 0.1) is 25.2 Å². The third-order valence-electron chi connectivity index (χ3n) is 4.14. The molecule has 0 amide bonds. The summed E-state index contributed by atoms with van der Waals surface area (Å²) in [7, 11) is 2.02. The van der Waals surface area contributed by atoms with Gasteiger partial charge in [0.2, 0.25) is 5.89 Å². The van der Waals surface area contributed by atoms with Crippen LogP contribution in [0.15, 0.2) is 10.7 Å². The number of nitriles is 1. The van der Waals surface area contributed by atoms with E-state index in [4.69, 9.17) is 16.1 Å². The Hall–Kier alpha value is -2.17. The second-order valence-electron chi connectivity index (χ2n) is 5.66. The summed E-state index contributed by atoms with van der Waals surface area (Å²) < 4.78 is 5.32. The standard InChI is InChI=1S/C15H17ClN6O/c1-9-11(6-17)14(18-7-12(9)16)22-5-4-21(3)13(8-22)15-19-10(2)20-23-15/h7,13H,4-5,8H2,1-3H3/t13-/m1/s1. The third-order valence-corrected chi connectivity index (χ3v) is 4.53. The van der Waals surface area contributed by atoms with Gasteiger partial charge in [-0.2, -0.15) is 10.2 Å². The molecule has 2 aromatic rings. The largest absolute Gasteiger partial charge is 0.352 e. The zero-order chi connectivity index (χ0) is 16.6. The highest BCUT2D eigenvalue weighted by atomic mass is 35.5. The summed E-state index contributed by atoms with van der Waals surface area (Å²) in [6.07, 6.45) is 1.59. The smallest absolute Gasteiger partial charge is 0.245 e. The van der Waals surface area contributed by atoms with Crippen molar-refractivity contribution < 1.29 is 4.52 Å². The highest BCUT2D eigenvalue weighted by molar-refractivity contribution is 6.31. The molecule has 0 spiro atoms. The number of pyridine rings is 1. The number of aryl methyl sites for hydroxylation is 1. The molecule has 8 heteroatoms. The quantitative estimate of drug-likeness (QED) is 0.832. The summed E-state index contributed by atoms with van der Waals surface area (Å²) in [5, 5.41) is 13.8. The summed E-state index contributed by atoms with van der Waals surface area (Å²) in [5.74, 6) is 1.85. The molecule has 1 atom stereocenters. The maximum absolute atomic E-state index is 9.47. The zero-order valence-corrected chi connectivity index (χ0v) is 14.0. The molecule has 0 aromatic carbocycles. The van der Waals surface area contributed by atoms with E-state index in [-0.39, 0.29) is 6.04 Å². The van der Waals surface area contributed by atoms with Gasteiger partial charge < -0.3 is 9.42 Å². The van der Waals surface area contributed by atoms with E-state index in [0.29, 0.717) is 34.7 Å². The Labute approximate surface area is 139 Å². The maximum Gasteiger partial charge on any atom is 0.245 e. The first-order valence-electron chi connectivity index (χ1n) is 7.32. The van der Waals surface area contributed by atoms with E-state index in [1.165, 1.54) is 0 Å². The van der Waals surface area contributed by atoms with E-state index >= 15 is 0 Å². The third kappa shape index (κ3) is 2.87. The van der Waals surface area contributed by atoms with Gasteiger partial charge in [0.15, 0.2) is 5.82 Å². The Bertz CT molecular complexity index is 768. The average Bonchev–Trinajstić information content (AvgIpc) is 2.97. The topological polar surface area (TPSA) is 82.1 Å². The second kappa shape index (κ2) is 6.14. The van der Waals surface area contributed by atoms with Crippen molar-refractivity contribution in [2.24, 2.45) is 0 Å². The minimum absolute atomic E-state index is 0.0331. The predicted octanol–water partition coefficient (Wildman–Crippen LogP) is 2.10. The fourth-order valence-corrected chi connectivity index (χ4v) is 2.86. The molecular formula is C15H17ClN6O. The minimum Gasteiger partial charge on any atom is -0.352 e. The molecule has 0 N–H and O–H groups in total. The fourth-order valence-electron chi connectivity index (χ4n) is 2.72. The van der Waals surface area contributed by atoms with Crippen LogP contribution in [0.4, 0.5) is 5.82 Å². The highest BCUT2D eigenvalue weighted by Gasteiger charge is 2.31. The molecular weight excluding hydrogens is 316 g/mol. The lowest BCUT2D eigenvalue weighted by Crippen LogP contribution is -2.47. The molecule has 120 valence electrons. The van der Waals surface area contributed by atoms with E-state index in [1.807, 2.05) is 14.0 Å². The van der Waals surface area contributed by atoms with Gasteiger partial charge in [0, 0.05) is 25.8 Å². The van der Waals surface area contributed by atoms with Crippen LogP contribution >= 0.6 is 11.6 Å². The van der Waals surface area contributed by atoms with Gasteiger partial charge in [-0.25, -0.2) is 4.98 Å². The molecule has 2 aromatic heterocycles. The average molecular weight is 333 g/mol. The highest BCUT2D eigenvalue weighted by Crippen LogP contribution is 2.30. The van der Waals surface area contributed by atoms with E-state index in [0.717, 1.165) is 18.7 Å². The Balaban J connectivity index is 1.93. The zero-order valence-electron chi connectivity index (χ0n) is 13.2. The van der Waals surface area contributed by atoms with Crippen molar-refractivity contribution in [3.05, 3.63) is 34.1 Å². The number of hydrogen-bond donors (Lipinski definition) is 0. The molecule has 1 saturated heterocycles. The van der Waals surface area contributed by atoms with Crippen LogP contribution in [0.3, 0.4) is 0 Å². The Morgan fingerprint density at radius 2 is 2.17 bits per heavy atom. The van der Waals surface area contributed by atoms with Crippen LogP contribution in [0.1, 0.15) is 28.9 Å². The molecule has 0 bridgehead atoms. The number of nitrogens with zero attached hydrogens (tertiary/aromatic N) is 6. The molecule has 1 aliphatic rings. The van der Waals surface area contributed by atoms with Gasteiger partial charge in [-0.05, 0) is 26.5 Å². The molecule has 23 heavy (non-hydrogen) atoms. The summed E-state index contributed by atoms with van der Waals surface area (Å²) >= 11 is 6.08. The summed E-state index contributed by atoms with van der Waals surface area (Å²) in [4.78, 5) is 13.0. The van der Waals surface area contributed by atoms with Crippen LogP contribution in [0.25, 0.3) is 0 Å². The van der Waals surface area contributed by atoms with Crippen molar-refractivity contribution in [3.63, 3.8) is 0 Å². The van der Waals surface area contributed by atoms with Gasteiger partial charge >= 0.3 is 0 Å². The number of likely N-dealkylation sites (N-methyl/N-ethyl adjacent to an activating group) is 1. The van der Waals surface area contributed by atoms with Crippen molar-refractivity contribution in [2.75, 3.05) is 31.6 Å². The minimum atomic E-state index is -0.0331. The lowest BCUT2D eigenvalue weighted by Gasteiger charge is -2.38. The Morgan fingerprint density at radius 3 is 2.83 bits per heavy atom. The molecule has 1 aliphatic heterocycles. The molecule has 1 fully saturated rings. The van der Waals surface area contributed by atoms with E-state index in [1.54, 1.807) is 13.1 Å². The van der Waals surface area contributed by atoms with Crippen molar-refractivity contribution in [2.45, 2.75) is 19.9 Å². The maximum atomic E-state index is 9.47. The number of aromatic nitrogens is 3. The normalized spacial score (nSPS) is 18.9. The first-order valence-corrected chi connectivity index (χ1v) is 7.69. The van der Waals surface area contributed by atoms with Crippen molar-refractivity contribution >= 4 is 17.4 Å². The summed E-state index contributed by atoms with van der Waals surface area (Å²) in [6.45, 7) is 5.83. The summed E-state index contributed by atoms with van der Waals surface area (Å²) in [6, 6.07) is 2.19. The van der Waals surface area contributed by atoms with Crippen LogP contribution < -0.4 is 4.90 Å². The lowest BCUT2D eigenvalue weighted by molar-refractivity contribution is 0.177. The van der Waals surface area contributed by atoms with E-state index in [2.05, 4.69) is 31.0 Å². The summed E-state index contributed by atoms with van der Waals surface area (Å²) in [5.41, 5.74) is 1.27. The number of hydrogen-bond acceptors (Lipinski definition) is 7. The number of halogens is 1. The van der Waals surface area contributed by atoms with Crippen molar-refractivity contribution in [1.29, 1.82) is 5.26 Å². The van der Waals surface area contributed by atoms with Crippen LogP contribution in [0.5, 0.6) is 0 Å². The number of anilines is 1. The second-order valence-corrected chi connectivity index (χ2v) is 6.07. The van der Waals surface area contributed by atoms with E-state index < -0.39 is 0 Å². The molecule has 7 nitrogen and oxygen atoms in total. The van der Waals surface area contributed by atoms with E-state index in [9.17, 15) is 5.26 Å². The van der Waals surface area contributed by atoms with Gasteiger partial charge in [-0.3, -0.25) is 4.90 Å². The SMILES string of the molecule is Cc1noc([C@H]2CN(c3ncc(Cl)c(C)c3C#N)CCN2C)n1. The molecule has 0 radical (unpaired) electrons. The van der Waals surface area contributed by atoms with Crippen LogP contribution in [-0.4, -0.2) is 46.7 Å². The fraction of sp³-hybridized carbons (Fsp3) is 0.467. The number of piperazine rings is 1. The number of rotatable bonds is 2. The van der Waals surface area contributed by atoms with Gasteiger partial charge in [0.05, 0.1) is 10.6 Å².